The Hall–Kier alpha value is 0.160. The van der Waals surface area contributed by atoms with Crippen LogP contribution in [-0.2, 0) is 0 Å². The molecule has 6 heteroatoms. The Morgan fingerprint density at radius 3 is 2.20 bits per heavy atom. The van der Waals surface area contributed by atoms with Crippen LogP contribution in [0.1, 0.15) is 18.0 Å². The maximum absolute atomic E-state index is 12.1. The van der Waals surface area contributed by atoms with Gasteiger partial charge in [-0.05, 0) is 56.0 Å². The van der Waals surface area contributed by atoms with Crippen LogP contribution < -0.4 is 5.73 Å². The van der Waals surface area contributed by atoms with Gasteiger partial charge in [-0.1, -0.05) is 0 Å². The first-order valence-electron chi connectivity index (χ1n) is 4.05. The first-order chi connectivity index (χ1) is 6.56. The predicted octanol–water partition coefficient (Wildman–Crippen LogP) is 3.70. The number of rotatable bonds is 3. The molecule has 0 saturated heterocycles. The molecule has 3 N–H and O–H groups in total. The Kier molecular flexibility index (Phi) is 6.75. The van der Waals surface area contributed by atoms with Crippen LogP contribution in [0.15, 0.2) is 21.1 Å². The molecule has 0 saturated carbocycles. The smallest absolute Gasteiger partial charge is 0.143 e. The molecule has 0 spiro atoms. The lowest BCUT2D eigenvalue weighted by Crippen LogP contribution is -2.10. The molecule has 0 heterocycles. The zero-order chi connectivity index (χ0) is 10.7. The number of halogens is 4. The molecule has 0 aliphatic carbocycles. The molecule has 0 radical (unpaired) electrons. The van der Waals surface area contributed by atoms with Crippen LogP contribution in [0.4, 0.5) is 4.39 Å². The molecular weight excluding hydrogens is 352 g/mol. The highest BCUT2D eigenvalue weighted by Crippen LogP contribution is 2.35. The van der Waals surface area contributed by atoms with E-state index in [2.05, 4.69) is 31.9 Å². The minimum Gasteiger partial charge on any atom is -0.506 e. The van der Waals surface area contributed by atoms with Crippen molar-refractivity contribution in [3.63, 3.8) is 0 Å². The topological polar surface area (TPSA) is 46.2 Å². The normalized spacial score (nSPS) is 12.0. The minimum atomic E-state index is -0.447. The maximum atomic E-state index is 12.1. The van der Waals surface area contributed by atoms with Crippen molar-refractivity contribution in [3.05, 3.63) is 26.6 Å². The van der Waals surface area contributed by atoms with Crippen LogP contribution in [0.25, 0.3) is 0 Å². The first kappa shape index (κ1) is 15.2. The molecule has 0 bridgehead atoms. The van der Waals surface area contributed by atoms with Gasteiger partial charge in [-0.25, -0.2) is 0 Å². The van der Waals surface area contributed by atoms with Crippen molar-refractivity contribution in [2.45, 2.75) is 12.5 Å². The van der Waals surface area contributed by atoms with Gasteiger partial charge < -0.3 is 10.8 Å². The molecule has 1 rings (SSSR count). The summed E-state index contributed by atoms with van der Waals surface area (Å²) in [5, 5.41) is 9.43. The Balaban J connectivity index is 0.00000196. The van der Waals surface area contributed by atoms with Crippen LogP contribution in [0.3, 0.4) is 0 Å². The molecule has 0 aliphatic rings. The summed E-state index contributed by atoms with van der Waals surface area (Å²) >= 11 is 6.37. The minimum absolute atomic E-state index is 0. The van der Waals surface area contributed by atoms with E-state index >= 15 is 0 Å². The molecule has 86 valence electrons. The van der Waals surface area contributed by atoms with Gasteiger partial charge in [-0.3, -0.25) is 4.39 Å². The van der Waals surface area contributed by atoms with Crippen LogP contribution >= 0.6 is 44.3 Å². The lowest BCUT2D eigenvalue weighted by atomic mass is 10.1. The van der Waals surface area contributed by atoms with Crippen LogP contribution in [0.5, 0.6) is 5.75 Å². The van der Waals surface area contributed by atoms with Crippen LogP contribution in [-0.4, -0.2) is 11.8 Å². The fourth-order valence-electron chi connectivity index (χ4n) is 1.08. The van der Waals surface area contributed by atoms with Crippen molar-refractivity contribution in [1.82, 2.24) is 0 Å². The molecule has 1 aromatic carbocycles. The summed E-state index contributed by atoms with van der Waals surface area (Å²) in [6.45, 7) is -0.447. The molecule has 2 nitrogen and oxygen atoms in total. The molecule has 1 atom stereocenters. The van der Waals surface area contributed by atoms with E-state index in [0.717, 1.165) is 5.56 Å². The molecule has 0 unspecified atom stereocenters. The van der Waals surface area contributed by atoms with E-state index in [1.165, 1.54) is 0 Å². The highest BCUT2D eigenvalue weighted by atomic mass is 79.9. The highest BCUT2D eigenvalue weighted by Gasteiger charge is 2.11. The van der Waals surface area contributed by atoms with Crippen molar-refractivity contribution in [2.75, 3.05) is 6.67 Å². The number of phenols is 1. The van der Waals surface area contributed by atoms with E-state index < -0.39 is 6.67 Å². The molecule has 1 aromatic rings. The average Bonchev–Trinajstić information content (AvgIpc) is 2.13. The molecule has 0 aliphatic heterocycles. The van der Waals surface area contributed by atoms with E-state index in [4.69, 9.17) is 5.73 Å². The third kappa shape index (κ3) is 3.90. The number of benzene rings is 1. The van der Waals surface area contributed by atoms with Crippen molar-refractivity contribution < 1.29 is 9.50 Å². The summed E-state index contributed by atoms with van der Waals surface area (Å²) in [5.74, 6) is 0.126. The van der Waals surface area contributed by atoms with Gasteiger partial charge in [0.05, 0.1) is 15.6 Å². The van der Waals surface area contributed by atoms with Gasteiger partial charge in [-0.2, -0.15) is 0 Å². The van der Waals surface area contributed by atoms with Gasteiger partial charge in [0.15, 0.2) is 0 Å². The van der Waals surface area contributed by atoms with Crippen molar-refractivity contribution in [2.24, 2.45) is 5.73 Å². The van der Waals surface area contributed by atoms with E-state index in [9.17, 15) is 9.50 Å². The monoisotopic (exact) mass is 361 g/mol. The van der Waals surface area contributed by atoms with Crippen molar-refractivity contribution >= 4 is 44.3 Å². The second kappa shape index (κ2) is 6.68. The number of nitrogens with two attached hydrogens (primary N) is 1. The quantitative estimate of drug-likeness (QED) is 0.860. The molecule has 15 heavy (non-hydrogen) atoms. The van der Waals surface area contributed by atoms with Crippen LogP contribution in [0.2, 0.25) is 0 Å². The zero-order valence-corrected chi connectivity index (χ0v) is 11.7. The lowest BCUT2D eigenvalue weighted by Gasteiger charge is -2.11. The summed E-state index contributed by atoms with van der Waals surface area (Å²) in [6.07, 6.45) is 0.281. The molecule has 0 fully saturated rings. The van der Waals surface area contributed by atoms with Gasteiger partial charge in [0.25, 0.3) is 0 Å². The molecular formula is C9H11Br2ClFNO. The van der Waals surface area contributed by atoms with Crippen molar-refractivity contribution in [3.8, 4) is 5.75 Å². The van der Waals surface area contributed by atoms with Gasteiger partial charge >= 0.3 is 0 Å². The Labute approximate surface area is 111 Å². The summed E-state index contributed by atoms with van der Waals surface area (Å²) in [6, 6.07) is 3.05. The third-order valence-corrected chi connectivity index (χ3v) is 3.10. The lowest BCUT2D eigenvalue weighted by molar-refractivity contribution is 0.440. The van der Waals surface area contributed by atoms with E-state index in [0.29, 0.717) is 8.95 Å². The second-order valence-corrected chi connectivity index (χ2v) is 4.63. The number of hydrogen-bond acceptors (Lipinski definition) is 2. The number of hydrogen-bond donors (Lipinski definition) is 2. The fraction of sp³-hybridized carbons (Fsp3) is 0.333. The number of phenolic OH excluding ortho intramolecular Hbond substituents is 1. The zero-order valence-electron chi connectivity index (χ0n) is 7.71. The predicted molar refractivity (Wildman–Crippen MR) is 68.3 cm³/mol. The van der Waals surface area contributed by atoms with Gasteiger partial charge in [-0.15, -0.1) is 12.4 Å². The Bertz CT molecular complexity index is 315. The Morgan fingerprint density at radius 1 is 1.33 bits per heavy atom. The second-order valence-electron chi connectivity index (χ2n) is 2.92. The summed E-state index contributed by atoms with van der Waals surface area (Å²) in [4.78, 5) is 0. The van der Waals surface area contributed by atoms with Crippen molar-refractivity contribution in [1.29, 1.82) is 0 Å². The van der Waals surface area contributed by atoms with Gasteiger partial charge in [0.2, 0.25) is 0 Å². The molecule has 0 amide bonds. The van der Waals surface area contributed by atoms with E-state index in [-0.39, 0.29) is 30.6 Å². The maximum Gasteiger partial charge on any atom is 0.143 e. The average molecular weight is 363 g/mol. The number of aromatic hydroxyl groups is 1. The Morgan fingerprint density at radius 2 is 1.80 bits per heavy atom. The van der Waals surface area contributed by atoms with Crippen LogP contribution in [0, 0.1) is 0 Å². The van der Waals surface area contributed by atoms with Gasteiger partial charge in [0, 0.05) is 6.04 Å². The fourth-order valence-corrected chi connectivity index (χ4v) is 2.31. The SMILES string of the molecule is Cl.N[C@H](CCF)c1cc(Br)c(O)c(Br)c1. The summed E-state index contributed by atoms with van der Waals surface area (Å²) in [5.41, 5.74) is 6.52. The summed E-state index contributed by atoms with van der Waals surface area (Å²) < 4.78 is 13.2. The largest absolute Gasteiger partial charge is 0.506 e. The standard InChI is InChI=1S/C9H10Br2FNO.ClH/c10-6-3-5(8(13)1-2-12)4-7(11)9(6)14;/h3-4,8,14H,1-2,13H2;1H/t8-;/m1./s1. The highest BCUT2D eigenvalue weighted by molar-refractivity contribution is 9.11. The number of alkyl halides is 1. The third-order valence-electron chi connectivity index (χ3n) is 1.89. The summed E-state index contributed by atoms with van der Waals surface area (Å²) in [7, 11) is 0. The van der Waals surface area contributed by atoms with Gasteiger partial charge in [0.1, 0.15) is 5.75 Å². The molecule has 0 aromatic heterocycles. The van der Waals surface area contributed by atoms with E-state index in [1.807, 2.05) is 0 Å². The van der Waals surface area contributed by atoms with E-state index in [1.54, 1.807) is 12.1 Å². The first-order valence-corrected chi connectivity index (χ1v) is 5.64.